The molecule has 0 aromatic heterocycles. The molecule has 0 fully saturated rings. The third-order valence-electron chi connectivity index (χ3n) is 3.16. The Balaban J connectivity index is 2.21. The van der Waals surface area contributed by atoms with E-state index in [0.717, 1.165) is 30.0 Å². The van der Waals surface area contributed by atoms with Crippen molar-refractivity contribution in [3.63, 3.8) is 0 Å². The van der Waals surface area contributed by atoms with Crippen LogP contribution in [0.15, 0.2) is 18.2 Å². The lowest BCUT2D eigenvalue weighted by Gasteiger charge is -2.32. The minimum atomic E-state index is 0.148. The molecule has 0 spiro atoms. The molecule has 4 heteroatoms. The van der Waals surface area contributed by atoms with Crippen molar-refractivity contribution in [2.45, 2.75) is 25.9 Å². The van der Waals surface area contributed by atoms with Crippen LogP contribution in [0.2, 0.25) is 0 Å². The zero-order valence-electron chi connectivity index (χ0n) is 11.0. The number of carbonyl (C=O) groups excluding carboxylic acids is 1. The highest BCUT2D eigenvalue weighted by atomic mass is 16.5. The van der Waals surface area contributed by atoms with Gasteiger partial charge in [0, 0.05) is 19.0 Å². The number of ketones is 1. The number of nitrogens with zero attached hydrogens (tertiary/aromatic N) is 1. The number of rotatable bonds is 4. The third-order valence-corrected chi connectivity index (χ3v) is 3.16. The van der Waals surface area contributed by atoms with Gasteiger partial charge in [-0.15, -0.1) is 0 Å². The van der Waals surface area contributed by atoms with Crippen LogP contribution in [-0.2, 0) is 0 Å². The summed E-state index contributed by atoms with van der Waals surface area (Å²) in [6.45, 7) is 3.43. The summed E-state index contributed by atoms with van der Waals surface area (Å²) < 4.78 is 5.75. The molecule has 4 nitrogen and oxygen atoms in total. The van der Waals surface area contributed by atoms with Gasteiger partial charge < -0.3 is 15.4 Å². The molecule has 0 radical (unpaired) electrons. The van der Waals surface area contributed by atoms with E-state index >= 15 is 0 Å². The fourth-order valence-corrected chi connectivity index (χ4v) is 2.23. The van der Waals surface area contributed by atoms with Crippen molar-refractivity contribution in [3.05, 3.63) is 23.8 Å². The van der Waals surface area contributed by atoms with E-state index in [9.17, 15) is 4.79 Å². The Kier molecular flexibility index (Phi) is 3.87. The predicted molar refractivity (Wildman–Crippen MR) is 72.4 cm³/mol. The highest BCUT2D eigenvalue weighted by molar-refractivity contribution is 5.97. The van der Waals surface area contributed by atoms with Crippen LogP contribution in [0.5, 0.6) is 5.75 Å². The van der Waals surface area contributed by atoms with Crippen molar-refractivity contribution in [2.75, 3.05) is 25.0 Å². The van der Waals surface area contributed by atoms with E-state index in [-0.39, 0.29) is 11.9 Å². The van der Waals surface area contributed by atoms with E-state index in [1.807, 2.05) is 32.2 Å². The number of nitrogens with two attached hydrogens (primary N) is 1. The second-order valence-electron chi connectivity index (χ2n) is 4.81. The monoisotopic (exact) mass is 248 g/mol. The molecule has 1 aliphatic heterocycles. The number of hydrogen-bond acceptors (Lipinski definition) is 4. The first-order valence-corrected chi connectivity index (χ1v) is 6.37. The summed E-state index contributed by atoms with van der Waals surface area (Å²) in [5, 5.41) is 0. The summed E-state index contributed by atoms with van der Waals surface area (Å²) in [5.41, 5.74) is 7.16. The average molecular weight is 248 g/mol. The lowest BCUT2D eigenvalue weighted by Crippen LogP contribution is -2.35. The van der Waals surface area contributed by atoms with Crippen LogP contribution in [0.3, 0.4) is 0 Å². The number of Topliss-reactive ketones (excluding diaryl/α,β-unsaturated/α-hetero) is 1. The van der Waals surface area contributed by atoms with Crippen LogP contribution in [0.25, 0.3) is 0 Å². The quantitative estimate of drug-likeness (QED) is 0.826. The Hall–Kier alpha value is -1.55. The minimum absolute atomic E-state index is 0.148. The van der Waals surface area contributed by atoms with Gasteiger partial charge >= 0.3 is 0 Å². The van der Waals surface area contributed by atoms with E-state index < -0.39 is 0 Å². The van der Waals surface area contributed by atoms with E-state index in [1.165, 1.54) is 0 Å². The summed E-state index contributed by atoms with van der Waals surface area (Å²) in [7, 11) is 2.02. The van der Waals surface area contributed by atoms with Gasteiger partial charge in [-0.25, -0.2) is 0 Å². The van der Waals surface area contributed by atoms with Crippen LogP contribution in [0.4, 0.5) is 5.69 Å². The summed E-state index contributed by atoms with van der Waals surface area (Å²) in [6.07, 6.45) is 1.43. The predicted octanol–water partition coefficient (Wildman–Crippen LogP) is 1.83. The number of fused-ring (bicyclic) bond motifs is 1. The summed E-state index contributed by atoms with van der Waals surface area (Å²) >= 11 is 0. The second kappa shape index (κ2) is 5.40. The molecule has 0 saturated heterocycles. The van der Waals surface area contributed by atoms with Crippen molar-refractivity contribution in [1.82, 2.24) is 0 Å². The molecule has 2 rings (SSSR count). The van der Waals surface area contributed by atoms with Gasteiger partial charge in [-0.3, -0.25) is 4.79 Å². The van der Waals surface area contributed by atoms with Gasteiger partial charge in [-0.2, -0.15) is 0 Å². The van der Waals surface area contributed by atoms with E-state index in [2.05, 4.69) is 4.90 Å². The molecule has 1 heterocycles. The SMILES string of the molecule is CC1CN(C)c2cc(C(=O)CCCN)ccc2O1. The molecule has 1 aromatic carbocycles. The van der Waals surface area contributed by atoms with E-state index in [0.29, 0.717) is 13.0 Å². The Labute approximate surface area is 108 Å². The fraction of sp³-hybridized carbons (Fsp3) is 0.500. The number of anilines is 1. The summed E-state index contributed by atoms with van der Waals surface area (Å²) in [6, 6.07) is 5.64. The fourth-order valence-electron chi connectivity index (χ4n) is 2.23. The van der Waals surface area contributed by atoms with Gasteiger partial charge in [-0.1, -0.05) is 0 Å². The number of carbonyl (C=O) groups is 1. The smallest absolute Gasteiger partial charge is 0.163 e. The highest BCUT2D eigenvalue weighted by Crippen LogP contribution is 2.33. The van der Waals surface area contributed by atoms with Gasteiger partial charge in [0.1, 0.15) is 11.9 Å². The normalized spacial score (nSPS) is 18.2. The first-order valence-electron chi connectivity index (χ1n) is 6.37. The summed E-state index contributed by atoms with van der Waals surface area (Å²) in [5.74, 6) is 1.00. The number of ether oxygens (including phenoxy) is 1. The Morgan fingerprint density at radius 2 is 2.33 bits per heavy atom. The second-order valence-corrected chi connectivity index (χ2v) is 4.81. The van der Waals surface area contributed by atoms with Crippen LogP contribution in [-0.4, -0.2) is 32.0 Å². The first-order chi connectivity index (χ1) is 8.61. The molecule has 18 heavy (non-hydrogen) atoms. The van der Waals surface area contributed by atoms with Crippen LogP contribution in [0.1, 0.15) is 30.1 Å². The maximum absolute atomic E-state index is 11.9. The number of likely N-dealkylation sites (N-methyl/N-ethyl adjacent to an activating group) is 1. The molecule has 2 N–H and O–H groups in total. The van der Waals surface area contributed by atoms with Crippen LogP contribution < -0.4 is 15.4 Å². The number of hydrogen-bond donors (Lipinski definition) is 1. The average Bonchev–Trinajstić information content (AvgIpc) is 2.35. The van der Waals surface area contributed by atoms with Gasteiger partial charge in [0.05, 0.1) is 12.2 Å². The standard InChI is InChI=1S/C14H20N2O2/c1-10-9-16(2)12-8-11(5-6-14(12)18-10)13(17)4-3-7-15/h5-6,8,10H,3-4,7,9,15H2,1-2H3. The Morgan fingerprint density at radius 3 is 3.06 bits per heavy atom. The lowest BCUT2D eigenvalue weighted by atomic mass is 10.0. The topological polar surface area (TPSA) is 55.6 Å². The maximum Gasteiger partial charge on any atom is 0.163 e. The molecule has 0 saturated carbocycles. The zero-order chi connectivity index (χ0) is 13.1. The molecule has 1 atom stereocenters. The van der Waals surface area contributed by atoms with Gasteiger partial charge in [0.2, 0.25) is 0 Å². The van der Waals surface area contributed by atoms with E-state index in [4.69, 9.17) is 10.5 Å². The molecular formula is C14H20N2O2. The Morgan fingerprint density at radius 1 is 1.56 bits per heavy atom. The largest absolute Gasteiger partial charge is 0.487 e. The molecule has 98 valence electrons. The van der Waals surface area contributed by atoms with Crippen LogP contribution in [0, 0.1) is 0 Å². The van der Waals surface area contributed by atoms with Crippen LogP contribution >= 0.6 is 0 Å². The zero-order valence-corrected chi connectivity index (χ0v) is 11.0. The number of benzene rings is 1. The molecule has 0 amide bonds. The molecule has 1 aromatic rings. The molecule has 0 bridgehead atoms. The van der Waals surface area contributed by atoms with Crippen molar-refractivity contribution in [2.24, 2.45) is 5.73 Å². The van der Waals surface area contributed by atoms with Crippen molar-refractivity contribution in [3.8, 4) is 5.75 Å². The van der Waals surface area contributed by atoms with Crippen molar-refractivity contribution < 1.29 is 9.53 Å². The van der Waals surface area contributed by atoms with Gasteiger partial charge in [0.15, 0.2) is 5.78 Å². The lowest BCUT2D eigenvalue weighted by molar-refractivity contribution is 0.0980. The highest BCUT2D eigenvalue weighted by Gasteiger charge is 2.21. The van der Waals surface area contributed by atoms with E-state index in [1.54, 1.807) is 0 Å². The molecular weight excluding hydrogens is 228 g/mol. The molecule has 1 unspecified atom stereocenters. The van der Waals surface area contributed by atoms with Crippen molar-refractivity contribution >= 4 is 11.5 Å². The first kappa shape index (κ1) is 12.9. The molecule has 1 aliphatic rings. The van der Waals surface area contributed by atoms with Gasteiger partial charge in [0.25, 0.3) is 0 Å². The Bertz CT molecular complexity index is 445. The maximum atomic E-state index is 11.9. The van der Waals surface area contributed by atoms with Gasteiger partial charge in [-0.05, 0) is 38.1 Å². The minimum Gasteiger partial charge on any atom is -0.487 e. The third kappa shape index (κ3) is 2.64. The summed E-state index contributed by atoms with van der Waals surface area (Å²) in [4.78, 5) is 14.1. The molecule has 0 aliphatic carbocycles. The van der Waals surface area contributed by atoms with Crippen molar-refractivity contribution in [1.29, 1.82) is 0 Å².